The smallest absolute Gasteiger partial charge is 0.278 e. The maximum atomic E-state index is 12.4. The Bertz CT molecular complexity index is 1040. The number of hydrogen-bond acceptors (Lipinski definition) is 6. The summed E-state index contributed by atoms with van der Waals surface area (Å²) in [6.07, 6.45) is 0. The van der Waals surface area contributed by atoms with Crippen LogP contribution in [0.1, 0.15) is 5.69 Å². The molecule has 142 valence electrons. The zero-order valence-corrected chi connectivity index (χ0v) is 16.3. The van der Waals surface area contributed by atoms with Gasteiger partial charge in [-0.25, -0.2) is 4.98 Å². The van der Waals surface area contributed by atoms with Gasteiger partial charge in [0.2, 0.25) is 5.91 Å². The molecule has 3 aromatic rings. The molecule has 0 aliphatic rings. The Labute approximate surface area is 159 Å². The predicted octanol–water partition coefficient (Wildman–Crippen LogP) is 2.32. The molecule has 2 N–H and O–H groups in total. The molecule has 0 bridgehead atoms. The van der Waals surface area contributed by atoms with Crippen molar-refractivity contribution in [1.29, 1.82) is 0 Å². The van der Waals surface area contributed by atoms with Crippen molar-refractivity contribution in [3.8, 4) is 11.5 Å². The number of carbonyl (C=O) groups is 1. The van der Waals surface area contributed by atoms with Crippen LogP contribution in [0.4, 0.5) is 5.69 Å². The highest BCUT2D eigenvalue weighted by Crippen LogP contribution is 2.26. The van der Waals surface area contributed by atoms with E-state index in [9.17, 15) is 9.59 Å². The first-order valence-electron chi connectivity index (χ1n) is 8.13. The Hall–Kier alpha value is -2.94. The minimum absolute atomic E-state index is 0.106. The maximum Gasteiger partial charge on any atom is 0.278 e. The SMILES string of the molecule is COc1cc(NC(=O)CSc2nc3cc(C)[nH]c3c(=O)n2C)cc(OC)c1. The molecular formula is C18H20N4O4S. The number of amides is 1. The predicted molar refractivity (Wildman–Crippen MR) is 105 cm³/mol. The highest BCUT2D eigenvalue weighted by Gasteiger charge is 2.13. The normalized spacial score (nSPS) is 10.8. The molecule has 0 atom stereocenters. The molecule has 0 spiro atoms. The molecule has 0 radical (unpaired) electrons. The average molecular weight is 388 g/mol. The van der Waals surface area contributed by atoms with E-state index in [-0.39, 0.29) is 17.2 Å². The number of anilines is 1. The molecule has 0 aliphatic heterocycles. The topological polar surface area (TPSA) is 98.2 Å². The Morgan fingerprint density at radius 1 is 1.22 bits per heavy atom. The summed E-state index contributed by atoms with van der Waals surface area (Å²) < 4.78 is 11.8. The second kappa shape index (κ2) is 7.75. The van der Waals surface area contributed by atoms with Crippen LogP contribution in [0, 0.1) is 6.92 Å². The van der Waals surface area contributed by atoms with Gasteiger partial charge in [0.05, 0.1) is 25.5 Å². The van der Waals surface area contributed by atoms with Gasteiger partial charge in [-0.2, -0.15) is 0 Å². The molecular weight excluding hydrogens is 368 g/mol. The van der Waals surface area contributed by atoms with Crippen molar-refractivity contribution in [2.45, 2.75) is 12.1 Å². The van der Waals surface area contributed by atoms with Gasteiger partial charge in [0.15, 0.2) is 5.16 Å². The largest absolute Gasteiger partial charge is 0.497 e. The summed E-state index contributed by atoms with van der Waals surface area (Å²) >= 11 is 1.20. The second-order valence-electron chi connectivity index (χ2n) is 5.91. The lowest BCUT2D eigenvalue weighted by Crippen LogP contribution is -2.21. The fourth-order valence-corrected chi connectivity index (χ4v) is 3.37. The second-order valence-corrected chi connectivity index (χ2v) is 6.85. The van der Waals surface area contributed by atoms with Crippen LogP contribution in [-0.2, 0) is 11.8 Å². The number of aromatic nitrogens is 3. The van der Waals surface area contributed by atoms with E-state index in [1.54, 1.807) is 39.5 Å². The monoisotopic (exact) mass is 388 g/mol. The van der Waals surface area contributed by atoms with Gasteiger partial charge >= 0.3 is 0 Å². The van der Waals surface area contributed by atoms with E-state index in [1.165, 1.54) is 16.3 Å². The highest BCUT2D eigenvalue weighted by atomic mass is 32.2. The van der Waals surface area contributed by atoms with Crippen LogP contribution in [0.15, 0.2) is 34.2 Å². The van der Waals surface area contributed by atoms with Crippen LogP contribution in [0.25, 0.3) is 11.0 Å². The molecule has 1 amide bonds. The molecule has 9 heteroatoms. The van der Waals surface area contributed by atoms with Gasteiger partial charge in [-0.3, -0.25) is 14.2 Å². The Morgan fingerprint density at radius 3 is 2.52 bits per heavy atom. The van der Waals surface area contributed by atoms with Crippen molar-refractivity contribution in [3.05, 3.63) is 40.3 Å². The van der Waals surface area contributed by atoms with E-state index in [0.29, 0.717) is 33.4 Å². The van der Waals surface area contributed by atoms with Crippen molar-refractivity contribution < 1.29 is 14.3 Å². The van der Waals surface area contributed by atoms with Gasteiger partial charge in [-0.15, -0.1) is 0 Å². The number of thioether (sulfide) groups is 1. The van der Waals surface area contributed by atoms with Gasteiger partial charge in [-0.05, 0) is 13.0 Å². The fourth-order valence-electron chi connectivity index (χ4n) is 2.59. The maximum absolute atomic E-state index is 12.4. The standard InChI is InChI=1S/C18H20N4O4S/c1-10-5-14-16(19-10)17(24)22(2)18(21-14)27-9-15(23)20-11-6-12(25-3)8-13(7-11)26-4/h5-8,19H,9H2,1-4H3,(H,20,23). The summed E-state index contributed by atoms with van der Waals surface area (Å²) in [5, 5.41) is 3.27. The van der Waals surface area contributed by atoms with Gasteiger partial charge in [0.25, 0.3) is 5.56 Å². The number of aryl methyl sites for hydroxylation is 1. The van der Waals surface area contributed by atoms with E-state index < -0.39 is 0 Å². The number of benzene rings is 1. The zero-order valence-electron chi connectivity index (χ0n) is 15.5. The van der Waals surface area contributed by atoms with Crippen molar-refractivity contribution >= 4 is 34.4 Å². The molecule has 27 heavy (non-hydrogen) atoms. The van der Waals surface area contributed by atoms with Crippen LogP contribution in [0.3, 0.4) is 0 Å². The van der Waals surface area contributed by atoms with Crippen LogP contribution < -0.4 is 20.3 Å². The summed E-state index contributed by atoms with van der Waals surface area (Å²) in [5.41, 5.74) is 2.31. The first kappa shape index (κ1) is 18.8. The van der Waals surface area contributed by atoms with E-state index in [2.05, 4.69) is 15.3 Å². The Balaban J connectivity index is 1.74. The summed E-state index contributed by atoms with van der Waals surface area (Å²) in [7, 11) is 4.72. The van der Waals surface area contributed by atoms with Crippen LogP contribution in [0.5, 0.6) is 11.5 Å². The molecule has 0 saturated heterocycles. The first-order valence-corrected chi connectivity index (χ1v) is 9.12. The molecule has 8 nitrogen and oxygen atoms in total. The summed E-state index contributed by atoms with van der Waals surface area (Å²) in [5.74, 6) is 1.04. The fraction of sp³-hybridized carbons (Fsp3) is 0.278. The van der Waals surface area contributed by atoms with Crippen LogP contribution >= 0.6 is 11.8 Å². The number of aromatic amines is 1. The zero-order chi connectivity index (χ0) is 19.6. The first-order chi connectivity index (χ1) is 12.9. The van der Waals surface area contributed by atoms with Crippen molar-refractivity contribution in [3.63, 3.8) is 0 Å². The van der Waals surface area contributed by atoms with E-state index in [4.69, 9.17) is 9.47 Å². The Morgan fingerprint density at radius 2 is 1.89 bits per heavy atom. The number of fused-ring (bicyclic) bond motifs is 1. The molecule has 3 rings (SSSR count). The Kier molecular flexibility index (Phi) is 5.41. The number of nitrogens with zero attached hydrogens (tertiary/aromatic N) is 2. The van der Waals surface area contributed by atoms with Crippen molar-refractivity contribution in [2.75, 3.05) is 25.3 Å². The van der Waals surface area contributed by atoms with Crippen molar-refractivity contribution in [1.82, 2.24) is 14.5 Å². The number of hydrogen-bond donors (Lipinski definition) is 2. The number of ether oxygens (including phenoxy) is 2. The number of methoxy groups -OCH3 is 2. The average Bonchev–Trinajstić information content (AvgIpc) is 3.03. The quantitative estimate of drug-likeness (QED) is 0.497. The van der Waals surface area contributed by atoms with Gasteiger partial charge in [-0.1, -0.05) is 11.8 Å². The summed E-state index contributed by atoms with van der Waals surface area (Å²) in [6.45, 7) is 1.86. The molecule has 2 heterocycles. The third-order valence-corrected chi connectivity index (χ3v) is 4.95. The molecule has 2 aromatic heterocycles. The van der Waals surface area contributed by atoms with E-state index in [0.717, 1.165) is 5.69 Å². The third-order valence-electron chi connectivity index (χ3n) is 3.92. The number of nitrogens with one attached hydrogen (secondary N) is 2. The summed E-state index contributed by atoms with van der Waals surface area (Å²) in [4.78, 5) is 32.2. The van der Waals surface area contributed by atoms with E-state index >= 15 is 0 Å². The number of rotatable bonds is 6. The molecule has 0 aliphatic carbocycles. The molecule has 0 fully saturated rings. The summed E-state index contributed by atoms with van der Waals surface area (Å²) in [6, 6.07) is 6.93. The minimum atomic E-state index is -0.227. The lowest BCUT2D eigenvalue weighted by Gasteiger charge is -2.10. The number of carbonyl (C=O) groups excluding carboxylic acids is 1. The van der Waals surface area contributed by atoms with E-state index in [1.807, 2.05) is 13.0 Å². The minimum Gasteiger partial charge on any atom is -0.497 e. The van der Waals surface area contributed by atoms with Crippen LogP contribution in [0.2, 0.25) is 0 Å². The lowest BCUT2D eigenvalue weighted by molar-refractivity contribution is -0.113. The van der Waals surface area contributed by atoms with Crippen molar-refractivity contribution in [2.24, 2.45) is 7.05 Å². The third kappa shape index (κ3) is 4.08. The van der Waals surface area contributed by atoms with Gasteiger partial charge in [0, 0.05) is 36.6 Å². The molecule has 1 aromatic carbocycles. The van der Waals surface area contributed by atoms with Gasteiger partial charge in [0.1, 0.15) is 17.0 Å². The lowest BCUT2D eigenvalue weighted by atomic mass is 10.2. The molecule has 0 unspecified atom stereocenters. The van der Waals surface area contributed by atoms with Gasteiger partial charge < -0.3 is 19.8 Å². The number of H-pyrrole nitrogens is 1. The van der Waals surface area contributed by atoms with Crippen LogP contribution in [-0.4, -0.2) is 40.4 Å². The highest BCUT2D eigenvalue weighted by molar-refractivity contribution is 7.99. The molecule has 0 saturated carbocycles.